The van der Waals surface area contributed by atoms with Crippen molar-refractivity contribution in [2.75, 3.05) is 19.6 Å². The fourth-order valence-electron chi connectivity index (χ4n) is 2.93. The van der Waals surface area contributed by atoms with Crippen LogP contribution in [0.5, 0.6) is 5.75 Å². The van der Waals surface area contributed by atoms with E-state index in [1.54, 1.807) is 27.9 Å². The molecule has 1 unspecified atom stereocenters. The van der Waals surface area contributed by atoms with Gasteiger partial charge in [0.05, 0.1) is 11.7 Å². The largest absolute Gasteiger partial charge is 0.428 e. The molecule has 1 saturated heterocycles. The van der Waals surface area contributed by atoms with E-state index in [9.17, 15) is 9.59 Å². The van der Waals surface area contributed by atoms with Crippen molar-refractivity contribution in [1.82, 2.24) is 19.6 Å². The molecule has 3 rings (SSSR count). The molecule has 1 atom stereocenters. The summed E-state index contributed by atoms with van der Waals surface area (Å²) in [7, 11) is 0. The molecule has 0 aliphatic carbocycles. The first-order valence-electron chi connectivity index (χ1n) is 8.36. The van der Waals surface area contributed by atoms with E-state index in [-0.39, 0.29) is 6.04 Å². The van der Waals surface area contributed by atoms with Crippen molar-refractivity contribution in [2.45, 2.75) is 19.4 Å². The van der Waals surface area contributed by atoms with E-state index in [1.165, 1.54) is 4.90 Å². The number of ether oxygens (including phenoxy) is 1. The molecule has 0 spiro atoms. The summed E-state index contributed by atoms with van der Waals surface area (Å²) in [5.74, 6) is 5.38. The van der Waals surface area contributed by atoms with Gasteiger partial charge in [-0.1, -0.05) is 6.92 Å². The van der Waals surface area contributed by atoms with E-state index >= 15 is 0 Å². The molecule has 1 aliphatic heterocycles. The Morgan fingerprint density at radius 2 is 2.00 bits per heavy atom. The molecule has 2 N–H and O–H groups in total. The minimum absolute atomic E-state index is 0.154. The molecule has 9 nitrogen and oxygen atoms in total. The van der Waals surface area contributed by atoms with E-state index in [4.69, 9.17) is 10.6 Å². The van der Waals surface area contributed by atoms with Crippen LogP contribution in [0.3, 0.4) is 0 Å². The minimum atomic E-state index is -0.592. The molecule has 1 aliphatic rings. The standard InChI is InChI=1S/C17H21N5O4/c1-2-13-12-20(16(23)26-18)10-11-21(13)17(24)25-15-6-4-14(5-7-15)22-9-3-8-19-22/h3-9,13H,2,10-12,18H2,1H3. The van der Waals surface area contributed by atoms with E-state index in [0.29, 0.717) is 31.8 Å². The van der Waals surface area contributed by atoms with Gasteiger partial charge in [0.25, 0.3) is 0 Å². The Balaban J connectivity index is 1.63. The highest BCUT2D eigenvalue weighted by Gasteiger charge is 2.33. The number of benzene rings is 1. The second-order valence-corrected chi connectivity index (χ2v) is 5.90. The van der Waals surface area contributed by atoms with Gasteiger partial charge in [-0.15, -0.1) is 0 Å². The first kappa shape index (κ1) is 17.7. The maximum absolute atomic E-state index is 12.5. The zero-order chi connectivity index (χ0) is 18.5. The normalized spacial score (nSPS) is 17.1. The number of piperazine rings is 1. The van der Waals surface area contributed by atoms with Gasteiger partial charge in [-0.05, 0) is 36.8 Å². The van der Waals surface area contributed by atoms with Gasteiger partial charge in [0.15, 0.2) is 0 Å². The Bertz CT molecular complexity index is 747. The number of carbonyl (C=O) groups excluding carboxylic acids is 2. The number of amides is 2. The summed E-state index contributed by atoms with van der Waals surface area (Å²) in [6.45, 7) is 3.01. The van der Waals surface area contributed by atoms with Gasteiger partial charge < -0.3 is 19.4 Å². The zero-order valence-electron chi connectivity index (χ0n) is 14.4. The number of hydrogen-bond donors (Lipinski definition) is 1. The SMILES string of the molecule is CCC1CN(C(=O)ON)CCN1C(=O)Oc1ccc(-n2cccn2)cc1. The molecule has 2 heterocycles. The Morgan fingerprint density at radius 1 is 1.23 bits per heavy atom. The predicted molar refractivity (Wildman–Crippen MR) is 92.6 cm³/mol. The zero-order valence-corrected chi connectivity index (χ0v) is 14.4. The van der Waals surface area contributed by atoms with Crippen molar-refractivity contribution >= 4 is 12.2 Å². The van der Waals surface area contributed by atoms with Crippen molar-refractivity contribution in [1.29, 1.82) is 0 Å². The van der Waals surface area contributed by atoms with E-state index in [1.807, 2.05) is 31.3 Å². The maximum Gasteiger partial charge on any atom is 0.428 e. The van der Waals surface area contributed by atoms with E-state index < -0.39 is 12.2 Å². The molecule has 138 valence electrons. The molecular formula is C17H21N5O4. The summed E-state index contributed by atoms with van der Waals surface area (Å²) >= 11 is 0. The first-order valence-corrected chi connectivity index (χ1v) is 8.36. The van der Waals surface area contributed by atoms with Crippen molar-refractivity contribution in [3.05, 3.63) is 42.7 Å². The fraction of sp³-hybridized carbons (Fsp3) is 0.353. The summed E-state index contributed by atoms with van der Waals surface area (Å²) in [5, 5.41) is 4.15. The van der Waals surface area contributed by atoms with Crippen LogP contribution in [0, 0.1) is 0 Å². The number of hydrogen-bond acceptors (Lipinski definition) is 6. The molecule has 26 heavy (non-hydrogen) atoms. The Kier molecular flexibility index (Phi) is 5.37. The highest BCUT2D eigenvalue weighted by Crippen LogP contribution is 2.19. The van der Waals surface area contributed by atoms with Crippen LogP contribution < -0.4 is 10.6 Å². The molecule has 1 fully saturated rings. The summed E-state index contributed by atoms with van der Waals surface area (Å²) in [5.41, 5.74) is 0.871. The molecule has 1 aromatic carbocycles. The second-order valence-electron chi connectivity index (χ2n) is 5.90. The third-order valence-corrected chi connectivity index (χ3v) is 4.36. The van der Waals surface area contributed by atoms with Crippen LogP contribution in [0.4, 0.5) is 9.59 Å². The average Bonchev–Trinajstić information content (AvgIpc) is 3.22. The summed E-state index contributed by atoms with van der Waals surface area (Å²) in [6.07, 6.45) is 3.18. The van der Waals surface area contributed by atoms with Crippen LogP contribution in [0.25, 0.3) is 5.69 Å². The van der Waals surface area contributed by atoms with Crippen LogP contribution in [0.1, 0.15) is 13.3 Å². The predicted octanol–water partition coefficient (Wildman–Crippen LogP) is 1.78. The van der Waals surface area contributed by atoms with Gasteiger partial charge in [0.1, 0.15) is 5.75 Å². The molecule has 1 aromatic heterocycles. The van der Waals surface area contributed by atoms with Crippen molar-refractivity contribution in [2.24, 2.45) is 5.90 Å². The monoisotopic (exact) mass is 359 g/mol. The van der Waals surface area contributed by atoms with Crippen LogP contribution >= 0.6 is 0 Å². The number of nitrogens with zero attached hydrogens (tertiary/aromatic N) is 4. The Labute approximate surface area is 150 Å². The summed E-state index contributed by atoms with van der Waals surface area (Å²) in [4.78, 5) is 31.5. The van der Waals surface area contributed by atoms with Gasteiger partial charge in [0.2, 0.25) is 0 Å². The molecule has 0 radical (unpaired) electrons. The fourth-order valence-corrected chi connectivity index (χ4v) is 2.93. The summed E-state index contributed by atoms with van der Waals surface area (Å²) in [6, 6.07) is 8.76. The lowest BCUT2D eigenvalue weighted by molar-refractivity contribution is 0.0507. The second kappa shape index (κ2) is 7.87. The van der Waals surface area contributed by atoms with Gasteiger partial charge in [-0.25, -0.2) is 14.3 Å². The Morgan fingerprint density at radius 3 is 2.62 bits per heavy atom. The van der Waals surface area contributed by atoms with Crippen molar-refractivity contribution in [3.8, 4) is 11.4 Å². The van der Waals surface area contributed by atoms with Gasteiger partial charge in [0, 0.05) is 32.0 Å². The first-order chi connectivity index (χ1) is 12.6. The lowest BCUT2D eigenvalue weighted by atomic mass is 10.1. The lowest BCUT2D eigenvalue weighted by Gasteiger charge is -2.39. The smallest absolute Gasteiger partial charge is 0.410 e. The highest BCUT2D eigenvalue weighted by atomic mass is 16.7. The third-order valence-electron chi connectivity index (χ3n) is 4.36. The molecule has 2 amide bonds. The maximum atomic E-state index is 12.5. The van der Waals surface area contributed by atoms with E-state index in [0.717, 1.165) is 5.69 Å². The highest BCUT2D eigenvalue weighted by molar-refractivity contribution is 5.72. The summed E-state index contributed by atoms with van der Waals surface area (Å²) < 4.78 is 7.20. The number of aromatic nitrogens is 2. The third kappa shape index (κ3) is 3.77. The van der Waals surface area contributed by atoms with E-state index in [2.05, 4.69) is 9.94 Å². The quantitative estimate of drug-likeness (QED) is 0.838. The average molecular weight is 359 g/mol. The Hall–Kier alpha value is -3.07. The molecular weight excluding hydrogens is 338 g/mol. The van der Waals surface area contributed by atoms with Gasteiger partial charge in [-0.2, -0.15) is 11.0 Å². The van der Waals surface area contributed by atoms with Gasteiger partial charge in [-0.3, -0.25) is 0 Å². The topological polar surface area (TPSA) is 103 Å². The van der Waals surface area contributed by atoms with Crippen LogP contribution in [-0.2, 0) is 4.84 Å². The van der Waals surface area contributed by atoms with Crippen LogP contribution in [0.2, 0.25) is 0 Å². The molecule has 0 saturated carbocycles. The van der Waals surface area contributed by atoms with Crippen molar-refractivity contribution in [3.63, 3.8) is 0 Å². The van der Waals surface area contributed by atoms with Gasteiger partial charge >= 0.3 is 12.2 Å². The number of nitrogens with two attached hydrogens (primary N) is 1. The minimum Gasteiger partial charge on any atom is -0.410 e. The van der Waals surface area contributed by atoms with Crippen LogP contribution in [0.15, 0.2) is 42.7 Å². The number of rotatable bonds is 3. The number of carbonyl (C=O) groups is 2. The van der Waals surface area contributed by atoms with Crippen molar-refractivity contribution < 1.29 is 19.2 Å². The lowest BCUT2D eigenvalue weighted by Crippen LogP contribution is -2.57. The van der Waals surface area contributed by atoms with Crippen LogP contribution in [-0.4, -0.2) is 57.4 Å². The molecule has 0 bridgehead atoms. The molecule has 2 aromatic rings. The molecule has 9 heteroatoms.